The van der Waals surface area contributed by atoms with Crippen LogP contribution in [0.1, 0.15) is 71.9 Å². The lowest BCUT2D eigenvalue weighted by Gasteiger charge is -2.40. The van der Waals surface area contributed by atoms with Crippen molar-refractivity contribution in [3.8, 4) is 5.88 Å². The lowest BCUT2D eigenvalue weighted by molar-refractivity contribution is -0.291. The number of nitrogens with two attached hydrogens (primary N) is 1. The van der Waals surface area contributed by atoms with Gasteiger partial charge in [0, 0.05) is 19.8 Å². The van der Waals surface area contributed by atoms with Gasteiger partial charge < -0.3 is 28.9 Å². The minimum Gasteiger partial charge on any atom is -0.389 e. The molecule has 0 spiro atoms. The molecule has 0 bridgehead atoms. The summed E-state index contributed by atoms with van der Waals surface area (Å²) in [6.07, 6.45) is 5.88. The summed E-state index contributed by atoms with van der Waals surface area (Å²) < 4.78 is 26.5. The summed E-state index contributed by atoms with van der Waals surface area (Å²) in [6.45, 7) is 10.0. The summed E-state index contributed by atoms with van der Waals surface area (Å²) in [6, 6.07) is 3.45. The van der Waals surface area contributed by atoms with E-state index in [0.29, 0.717) is 31.0 Å². The second kappa shape index (κ2) is 12.2. The van der Waals surface area contributed by atoms with Gasteiger partial charge in [-0.05, 0) is 38.3 Å². The Bertz CT molecular complexity index is 895. The van der Waals surface area contributed by atoms with Gasteiger partial charge in [0.2, 0.25) is 5.79 Å². The molecule has 0 amide bonds. The standard InChI is InChI=1S/C24H40N4O6/c1-5-8-13-30-16-19-21(31-14-9-6-2)23(4,32-15-10-7-3)24(29,33-19)20-12-11-18-22(34-25)26-17-27-28(18)20/h11-12,17,19,21,29H,5-10,13-16,25H2,1-4H3/t19-,21-,23-,24?/m1/s1. The molecule has 1 aliphatic heterocycles. The highest BCUT2D eigenvalue weighted by molar-refractivity contribution is 5.57. The van der Waals surface area contributed by atoms with E-state index >= 15 is 0 Å². The first-order valence-corrected chi connectivity index (χ1v) is 12.4. The van der Waals surface area contributed by atoms with Crippen LogP contribution in [0.25, 0.3) is 5.52 Å². The van der Waals surface area contributed by atoms with Crippen molar-refractivity contribution in [3.63, 3.8) is 0 Å². The molecule has 0 aliphatic carbocycles. The van der Waals surface area contributed by atoms with Gasteiger partial charge in [-0.2, -0.15) is 16.0 Å². The molecule has 2 aromatic rings. The summed E-state index contributed by atoms with van der Waals surface area (Å²) in [7, 11) is 0. The van der Waals surface area contributed by atoms with Crippen molar-refractivity contribution < 1.29 is 28.9 Å². The van der Waals surface area contributed by atoms with E-state index in [1.54, 1.807) is 12.1 Å². The van der Waals surface area contributed by atoms with E-state index in [2.05, 4.69) is 30.9 Å². The molecule has 1 aliphatic rings. The zero-order chi connectivity index (χ0) is 24.6. The largest absolute Gasteiger partial charge is 0.389 e. The van der Waals surface area contributed by atoms with Crippen LogP contribution in [0.3, 0.4) is 0 Å². The van der Waals surface area contributed by atoms with Crippen molar-refractivity contribution >= 4 is 5.52 Å². The molecular weight excluding hydrogens is 440 g/mol. The first-order valence-electron chi connectivity index (χ1n) is 12.4. The molecule has 1 unspecified atom stereocenters. The average Bonchev–Trinajstić information content (AvgIpc) is 3.36. The maximum absolute atomic E-state index is 12.2. The monoisotopic (exact) mass is 480 g/mol. The van der Waals surface area contributed by atoms with Crippen LogP contribution in [-0.4, -0.2) is 63.9 Å². The second-order valence-electron chi connectivity index (χ2n) is 8.88. The van der Waals surface area contributed by atoms with Crippen LogP contribution in [0, 0.1) is 0 Å². The molecule has 3 N–H and O–H groups in total. The van der Waals surface area contributed by atoms with Crippen LogP contribution in [0.2, 0.25) is 0 Å². The van der Waals surface area contributed by atoms with Crippen LogP contribution in [0.15, 0.2) is 18.5 Å². The van der Waals surface area contributed by atoms with Crippen molar-refractivity contribution in [2.75, 3.05) is 26.4 Å². The Labute approximate surface area is 201 Å². The molecule has 10 heteroatoms. The number of hydrogen-bond donors (Lipinski definition) is 2. The van der Waals surface area contributed by atoms with E-state index in [-0.39, 0.29) is 12.5 Å². The molecule has 1 fully saturated rings. The third-order valence-corrected chi connectivity index (χ3v) is 6.37. The summed E-state index contributed by atoms with van der Waals surface area (Å²) in [4.78, 5) is 8.93. The number of fused-ring (bicyclic) bond motifs is 1. The molecule has 2 aromatic heterocycles. The number of aromatic nitrogens is 3. The number of nitrogens with zero attached hydrogens (tertiary/aromatic N) is 3. The van der Waals surface area contributed by atoms with E-state index in [9.17, 15) is 5.11 Å². The van der Waals surface area contributed by atoms with Crippen LogP contribution < -0.4 is 10.7 Å². The predicted molar refractivity (Wildman–Crippen MR) is 126 cm³/mol. The molecule has 192 valence electrons. The van der Waals surface area contributed by atoms with Crippen molar-refractivity contribution in [2.45, 2.75) is 89.8 Å². The third-order valence-electron chi connectivity index (χ3n) is 6.37. The van der Waals surface area contributed by atoms with E-state index in [0.717, 1.165) is 38.5 Å². The Kier molecular flexibility index (Phi) is 9.64. The molecule has 3 rings (SSSR count). The second-order valence-corrected chi connectivity index (χ2v) is 8.88. The highest BCUT2D eigenvalue weighted by Gasteiger charge is 2.66. The van der Waals surface area contributed by atoms with Gasteiger partial charge in [0.05, 0.1) is 6.61 Å². The van der Waals surface area contributed by atoms with Gasteiger partial charge in [-0.15, -0.1) is 0 Å². The number of hydrogen-bond acceptors (Lipinski definition) is 9. The number of ether oxygens (including phenoxy) is 4. The molecular formula is C24H40N4O6. The van der Waals surface area contributed by atoms with E-state index in [4.69, 9.17) is 29.7 Å². The van der Waals surface area contributed by atoms with Gasteiger partial charge in [-0.1, -0.05) is 40.0 Å². The summed E-state index contributed by atoms with van der Waals surface area (Å²) in [5.41, 5.74) is -0.348. The van der Waals surface area contributed by atoms with E-state index < -0.39 is 23.6 Å². The van der Waals surface area contributed by atoms with Crippen molar-refractivity contribution in [2.24, 2.45) is 5.90 Å². The van der Waals surface area contributed by atoms with Crippen molar-refractivity contribution in [3.05, 3.63) is 24.2 Å². The minimum absolute atomic E-state index is 0.187. The smallest absolute Gasteiger partial charge is 0.264 e. The molecule has 0 saturated carbocycles. The SMILES string of the molecule is CCCCOC[C@H]1OC(O)(c2ccc3c(ON)ncnn23)[C@](C)(OCCCC)[C@@H]1OCCCC. The Morgan fingerprint density at radius 3 is 2.50 bits per heavy atom. The lowest BCUT2D eigenvalue weighted by Crippen LogP contribution is -2.56. The van der Waals surface area contributed by atoms with Gasteiger partial charge in [0.1, 0.15) is 29.7 Å². The Hall–Kier alpha value is -1.82. The number of unbranched alkanes of at least 4 members (excludes halogenated alkanes) is 3. The van der Waals surface area contributed by atoms with Crippen LogP contribution in [-0.2, 0) is 24.7 Å². The quantitative estimate of drug-likeness (QED) is 0.292. The zero-order valence-corrected chi connectivity index (χ0v) is 20.9. The summed E-state index contributed by atoms with van der Waals surface area (Å²) >= 11 is 0. The summed E-state index contributed by atoms with van der Waals surface area (Å²) in [5.74, 6) is 3.69. The Morgan fingerprint density at radius 2 is 1.79 bits per heavy atom. The maximum atomic E-state index is 12.2. The number of aliphatic hydroxyl groups is 1. The first kappa shape index (κ1) is 26.8. The number of rotatable bonds is 15. The van der Waals surface area contributed by atoms with Crippen molar-refractivity contribution in [1.82, 2.24) is 14.6 Å². The molecule has 4 atom stereocenters. The molecule has 34 heavy (non-hydrogen) atoms. The topological polar surface area (TPSA) is 123 Å². The zero-order valence-electron chi connectivity index (χ0n) is 20.9. The van der Waals surface area contributed by atoms with Crippen LogP contribution in [0.5, 0.6) is 5.88 Å². The predicted octanol–water partition coefficient (Wildman–Crippen LogP) is 3.10. The van der Waals surface area contributed by atoms with Crippen molar-refractivity contribution in [1.29, 1.82) is 0 Å². The Morgan fingerprint density at radius 1 is 1.09 bits per heavy atom. The Balaban J connectivity index is 2.03. The van der Waals surface area contributed by atoms with E-state index in [1.807, 2.05) is 6.92 Å². The molecule has 10 nitrogen and oxygen atoms in total. The minimum atomic E-state index is -1.87. The van der Waals surface area contributed by atoms with Gasteiger partial charge in [-0.25, -0.2) is 4.52 Å². The third kappa shape index (κ3) is 5.22. The maximum Gasteiger partial charge on any atom is 0.264 e. The van der Waals surface area contributed by atoms with Gasteiger partial charge >= 0.3 is 0 Å². The average molecular weight is 481 g/mol. The van der Waals surface area contributed by atoms with E-state index in [1.165, 1.54) is 10.8 Å². The fourth-order valence-electron chi connectivity index (χ4n) is 4.32. The van der Waals surface area contributed by atoms with Gasteiger partial charge in [0.25, 0.3) is 5.88 Å². The fourth-order valence-corrected chi connectivity index (χ4v) is 4.32. The molecule has 0 radical (unpaired) electrons. The normalized spacial score (nSPS) is 27.0. The summed E-state index contributed by atoms with van der Waals surface area (Å²) in [5, 5.41) is 16.5. The fraction of sp³-hybridized carbons (Fsp3) is 0.750. The molecule has 1 saturated heterocycles. The van der Waals surface area contributed by atoms with Crippen LogP contribution in [0.4, 0.5) is 0 Å². The molecule has 0 aromatic carbocycles. The van der Waals surface area contributed by atoms with Crippen LogP contribution >= 0.6 is 0 Å². The van der Waals surface area contributed by atoms with Gasteiger partial charge in [-0.3, -0.25) is 0 Å². The molecule has 3 heterocycles. The lowest BCUT2D eigenvalue weighted by atomic mass is 9.87. The highest BCUT2D eigenvalue weighted by Crippen LogP contribution is 2.49. The highest BCUT2D eigenvalue weighted by atomic mass is 16.7. The van der Waals surface area contributed by atoms with Gasteiger partial charge in [0.15, 0.2) is 5.60 Å². The first-order chi connectivity index (χ1) is 16.5.